The van der Waals surface area contributed by atoms with Crippen LogP contribution in [0.25, 0.3) is 11.0 Å². The predicted octanol–water partition coefficient (Wildman–Crippen LogP) is 3.26. The molecule has 0 amide bonds. The average Bonchev–Trinajstić information content (AvgIpc) is 2.62. The number of rotatable bonds is 3. The third kappa shape index (κ3) is 2.14. The normalized spacial score (nSPS) is 12.1. The summed E-state index contributed by atoms with van der Waals surface area (Å²) in [7, 11) is 3.45. The summed E-state index contributed by atoms with van der Waals surface area (Å²) in [6.45, 7) is 5.88. The van der Waals surface area contributed by atoms with Crippen LogP contribution in [0.3, 0.4) is 0 Å². The van der Waals surface area contributed by atoms with Crippen LogP contribution in [-0.2, 0) is 14.1 Å². The number of hydrogen-bond acceptors (Lipinski definition) is 2. The zero-order valence-electron chi connectivity index (χ0n) is 12.5. The first-order valence-corrected chi connectivity index (χ1v) is 7.39. The molecule has 1 heterocycles. The molecule has 0 saturated heterocycles. The first-order chi connectivity index (χ1) is 9.20. The van der Waals surface area contributed by atoms with E-state index >= 15 is 0 Å². The second-order valence-electron chi connectivity index (χ2n) is 5.79. The molecule has 0 unspecified atom stereocenters. The van der Waals surface area contributed by atoms with Gasteiger partial charge in [-0.15, -0.1) is 0 Å². The number of hydrogen-bond donors (Lipinski definition) is 0. The molecule has 0 aliphatic carbocycles. The van der Waals surface area contributed by atoms with Crippen LogP contribution < -0.4 is 5.69 Å². The van der Waals surface area contributed by atoms with Crippen LogP contribution in [0.1, 0.15) is 37.6 Å². The van der Waals surface area contributed by atoms with E-state index < -0.39 is 5.41 Å². The molecule has 0 atom stereocenters. The van der Waals surface area contributed by atoms with Crippen molar-refractivity contribution in [3.8, 4) is 0 Å². The van der Waals surface area contributed by atoms with Crippen LogP contribution in [0.4, 0.5) is 0 Å². The molecule has 108 valence electrons. The largest absolute Gasteiger partial charge is 0.328 e. The molecule has 0 aliphatic heterocycles. The Morgan fingerprint density at radius 2 is 1.70 bits per heavy atom. The number of carbonyl (C=O) groups excluding carboxylic acids is 1. The summed E-state index contributed by atoms with van der Waals surface area (Å²) in [6, 6.07) is 3.65. The molecule has 0 spiro atoms. The minimum atomic E-state index is -0.413. The van der Waals surface area contributed by atoms with Gasteiger partial charge < -0.3 is 0 Å². The fourth-order valence-electron chi connectivity index (χ4n) is 2.22. The maximum atomic E-state index is 12.6. The number of ketones is 1. The lowest BCUT2D eigenvalue weighted by atomic mass is 9.82. The number of fused-ring (bicyclic) bond motifs is 1. The number of Topliss-reactive ketones (excluding diaryl/α,β-unsaturated/α-hetero) is 1. The van der Waals surface area contributed by atoms with Crippen LogP contribution in [0.5, 0.6) is 0 Å². The lowest BCUT2D eigenvalue weighted by molar-refractivity contribution is 0.0832. The molecule has 1 aromatic heterocycles. The molecular weight excluding hydrogens is 320 g/mol. The average molecular weight is 339 g/mol. The van der Waals surface area contributed by atoms with Gasteiger partial charge in [0.1, 0.15) is 0 Å². The number of aromatic nitrogens is 2. The van der Waals surface area contributed by atoms with Crippen LogP contribution in [0.2, 0.25) is 0 Å². The molecule has 0 saturated carbocycles. The SMILES string of the molecule is CCC(C)(C)C(=O)c1cc2c(cc1Br)n(C)c(=O)n2C. The number of aryl methyl sites for hydroxylation is 2. The molecule has 2 rings (SSSR count). The van der Waals surface area contributed by atoms with Gasteiger partial charge in [-0.3, -0.25) is 13.9 Å². The summed E-state index contributed by atoms with van der Waals surface area (Å²) >= 11 is 3.46. The van der Waals surface area contributed by atoms with E-state index in [9.17, 15) is 9.59 Å². The Labute approximate surface area is 126 Å². The van der Waals surface area contributed by atoms with Gasteiger partial charge in [-0.1, -0.05) is 20.8 Å². The van der Waals surface area contributed by atoms with E-state index in [0.717, 1.165) is 21.9 Å². The van der Waals surface area contributed by atoms with E-state index in [2.05, 4.69) is 15.9 Å². The summed E-state index contributed by atoms with van der Waals surface area (Å²) in [4.78, 5) is 24.6. The third-order valence-electron chi connectivity index (χ3n) is 4.10. The van der Waals surface area contributed by atoms with Gasteiger partial charge in [-0.05, 0) is 34.5 Å². The van der Waals surface area contributed by atoms with E-state index in [1.54, 1.807) is 29.3 Å². The predicted molar refractivity (Wildman–Crippen MR) is 84.3 cm³/mol. The molecule has 1 aromatic carbocycles. The molecule has 0 bridgehead atoms. The van der Waals surface area contributed by atoms with E-state index in [0.29, 0.717) is 5.56 Å². The Morgan fingerprint density at radius 3 is 2.20 bits per heavy atom. The van der Waals surface area contributed by atoms with Crippen molar-refractivity contribution in [2.24, 2.45) is 19.5 Å². The number of carbonyl (C=O) groups is 1. The first-order valence-electron chi connectivity index (χ1n) is 6.60. The maximum Gasteiger partial charge on any atom is 0.328 e. The van der Waals surface area contributed by atoms with E-state index in [-0.39, 0.29) is 11.5 Å². The quantitative estimate of drug-likeness (QED) is 0.806. The molecule has 2 aromatic rings. The molecule has 0 fully saturated rings. The van der Waals surface area contributed by atoms with Crippen LogP contribution in [-0.4, -0.2) is 14.9 Å². The maximum absolute atomic E-state index is 12.6. The Hall–Kier alpha value is -1.36. The van der Waals surface area contributed by atoms with Gasteiger partial charge >= 0.3 is 5.69 Å². The molecule has 5 heteroatoms. The van der Waals surface area contributed by atoms with Gasteiger partial charge in [0.2, 0.25) is 0 Å². The summed E-state index contributed by atoms with van der Waals surface area (Å²) in [5, 5.41) is 0. The minimum absolute atomic E-state index is 0.0880. The van der Waals surface area contributed by atoms with Crippen LogP contribution in [0.15, 0.2) is 21.4 Å². The standard InChI is InChI=1S/C15H19BrN2O2/c1-6-15(2,3)13(19)9-7-11-12(8-10(9)16)18(5)14(20)17(11)4/h7-8H,6H2,1-5H3. The lowest BCUT2D eigenvalue weighted by Crippen LogP contribution is -2.23. The Balaban J connectivity index is 2.74. The van der Waals surface area contributed by atoms with E-state index in [1.165, 1.54) is 0 Å². The highest BCUT2D eigenvalue weighted by molar-refractivity contribution is 9.10. The fraction of sp³-hybridized carbons (Fsp3) is 0.467. The van der Waals surface area contributed by atoms with Crippen molar-refractivity contribution in [3.05, 3.63) is 32.7 Å². The number of nitrogens with zero attached hydrogens (tertiary/aromatic N) is 2. The molecule has 4 nitrogen and oxygen atoms in total. The van der Waals surface area contributed by atoms with Crippen molar-refractivity contribution in [1.29, 1.82) is 0 Å². The van der Waals surface area contributed by atoms with Crippen LogP contribution in [0, 0.1) is 5.41 Å². The van der Waals surface area contributed by atoms with Crippen molar-refractivity contribution in [2.75, 3.05) is 0 Å². The van der Waals surface area contributed by atoms with Gasteiger partial charge in [-0.2, -0.15) is 0 Å². The van der Waals surface area contributed by atoms with Gasteiger partial charge in [0.25, 0.3) is 0 Å². The summed E-state index contributed by atoms with van der Waals surface area (Å²) < 4.78 is 3.88. The highest BCUT2D eigenvalue weighted by atomic mass is 79.9. The molecule has 20 heavy (non-hydrogen) atoms. The van der Waals surface area contributed by atoms with E-state index in [1.807, 2.05) is 26.8 Å². The van der Waals surface area contributed by atoms with Gasteiger partial charge in [0.05, 0.1) is 11.0 Å². The van der Waals surface area contributed by atoms with Gasteiger partial charge in [-0.25, -0.2) is 4.79 Å². The first kappa shape index (κ1) is 15.0. The van der Waals surface area contributed by atoms with E-state index in [4.69, 9.17) is 0 Å². The minimum Gasteiger partial charge on any atom is -0.295 e. The molecular formula is C15H19BrN2O2. The molecule has 0 radical (unpaired) electrons. The van der Waals surface area contributed by atoms with Crippen molar-refractivity contribution < 1.29 is 4.79 Å². The van der Waals surface area contributed by atoms with Crippen molar-refractivity contribution >= 4 is 32.7 Å². The Kier molecular flexibility index (Phi) is 3.67. The zero-order chi connectivity index (χ0) is 15.2. The summed E-state index contributed by atoms with van der Waals surface area (Å²) in [5.74, 6) is 0.0880. The highest BCUT2D eigenvalue weighted by Crippen LogP contribution is 2.31. The highest BCUT2D eigenvalue weighted by Gasteiger charge is 2.28. The monoisotopic (exact) mass is 338 g/mol. The Morgan fingerprint density at radius 1 is 1.20 bits per heavy atom. The second-order valence-corrected chi connectivity index (χ2v) is 6.64. The molecule has 0 aliphatic rings. The number of benzene rings is 1. The topological polar surface area (TPSA) is 44.0 Å². The summed E-state index contributed by atoms with van der Waals surface area (Å²) in [6.07, 6.45) is 0.768. The smallest absolute Gasteiger partial charge is 0.295 e. The van der Waals surface area contributed by atoms with Crippen molar-refractivity contribution in [1.82, 2.24) is 9.13 Å². The fourth-order valence-corrected chi connectivity index (χ4v) is 2.73. The second kappa shape index (κ2) is 4.88. The van der Waals surface area contributed by atoms with Crippen LogP contribution >= 0.6 is 15.9 Å². The van der Waals surface area contributed by atoms with Gasteiger partial charge in [0, 0.05) is 29.5 Å². The van der Waals surface area contributed by atoms with Crippen molar-refractivity contribution in [2.45, 2.75) is 27.2 Å². The Bertz CT molecular complexity index is 753. The third-order valence-corrected chi connectivity index (χ3v) is 4.76. The summed E-state index contributed by atoms with van der Waals surface area (Å²) in [5.41, 5.74) is 1.71. The zero-order valence-corrected chi connectivity index (χ0v) is 14.0. The van der Waals surface area contributed by atoms with Gasteiger partial charge in [0.15, 0.2) is 5.78 Å². The number of imidazole rings is 1. The van der Waals surface area contributed by atoms with Crippen molar-refractivity contribution in [3.63, 3.8) is 0 Å². The number of halogens is 1. The lowest BCUT2D eigenvalue weighted by Gasteiger charge is -2.21. The molecule has 0 N–H and O–H groups in total.